The molecule has 4 heavy (non-hydrogen) atoms. The zero-order valence-electron chi connectivity index (χ0n) is 1.60. The van der Waals surface area contributed by atoms with Crippen molar-refractivity contribution in [1.29, 1.82) is 0 Å². The first-order chi connectivity index (χ1) is 1.00. The van der Waals surface area contributed by atoms with Gasteiger partial charge in [-0.15, -0.1) is 0 Å². The molecule has 0 atom stereocenters. The Hall–Kier alpha value is 2.39. The molecule has 4 heteroatoms. The Bertz CT molecular complexity index is 6.00. The second kappa shape index (κ2) is 18.2. The minimum atomic E-state index is 0. The van der Waals surface area contributed by atoms with Gasteiger partial charge in [-0.05, 0) is 0 Å². The van der Waals surface area contributed by atoms with Gasteiger partial charge in [-0.1, -0.05) is 0 Å². The van der Waals surface area contributed by atoms with Gasteiger partial charge in [0, 0.05) is 41.5 Å². The maximum absolute atomic E-state index is 2.50. The Balaban J connectivity index is -0.00000000500. The summed E-state index contributed by atoms with van der Waals surface area (Å²) in [6, 6.07) is 0. The maximum atomic E-state index is 2.50. The van der Waals surface area contributed by atoms with Crippen LogP contribution in [0.4, 0.5) is 0 Å². The second-order valence-electron chi connectivity index (χ2n) is 0. The predicted octanol–water partition coefficient (Wildman–Crippen LogP) is -0.767. The van der Waals surface area contributed by atoms with Crippen LogP contribution in [0.1, 0.15) is 0 Å². The molecule has 3 radical (unpaired) electrons. The van der Waals surface area contributed by atoms with Crippen LogP contribution in [0.3, 0.4) is 0 Å². The molecule has 0 heterocycles. The van der Waals surface area contributed by atoms with Crippen molar-refractivity contribution < 1.29 is 41.5 Å². The van der Waals surface area contributed by atoms with Crippen molar-refractivity contribution in [2.45, 2.75) is 0 Å². The summed E-state index contributed by atoms with van der Waals surface area (Å²) in [5.41, 5.74) is 0. The van der Waals surface area contributed by atoms with Crippen molar-refractivity contribution in [2.24, 2.45) is 0 Å². The van der Waals surface area contributed by atoms with Crippen LogP contribution in [0.5, 0.6) is 0 Å². The summed E-state index contributed by atoms with van der Waals surface area (Å²) in [5.74, 6) is 0. The third-order valence-electron chi connectivity index (χ3n) is 0. The zero-order valence-corrected chi connectivity index (χ0v) is 9.75. The summed E-state index contributed by atoms with van der Waals surface area (Å²) in [6.45, 7) is 0. The molecule has 0 rings (SSSR count). The SMILES string of the molecule is [Mo].[Re].[Se][Se]. The standard InChI is InChI=1S/Mo.Re.Se2/c;;1-2. The monoisotopic (exact) mass is 445 g/mol. The van der Waals surface area contributed by atoms with Crippen LogP contribution in [0.2, 0.25) is 0 Å². The molecule has 0 aromatic carbocycles. The van der Waals surface area contributed by atoms with Gasteiger partial charge in [0.2, 0.25) is 0 Å². The number of rotatable bonds is 0. The van der Waals surface area contributed by atoms with Crippen molar-refractivity contribution in [3.8, 4) is 0 Å². The average Bonchev–Trinajstić information content (AvgIpc) is 1.00. The first kappa shape index (κ1) is 16.2. The Morgan fingerprint density at radius 2 is 1.00 bits per heavy atom. The van der Waals surface area contributed by atoms with E-state index in [-0.39, 0.29) is 41.5 Å². The summed E-state index contributed by atoms with van der Waals surface area (Å²) in [7, 11) is 0. The molecule has 0 aliphatic heterocycles. The molecule has 0 saturated carbocycles. The molecule has 0 aliphatic carbocycles. The van der Waals surface area contributed by atoms with Gasteiger partial charge in [0.15, 0.2) is 0 Å². The minimum absolute atomic E-state index is 0. The molecule has 0 saturated heterocycles. The third-order valence-corrected chi connectivity index (χ3v) is 0. The topological polar surface area (TPSA) is 0 Å². The molecule has 0 unspecified atom stereocenters. The van der Waals surface area contributed by atoms with Crippen LogP contribution in [0, 0.1) is 0 Å². The van der Waals surface area contributed by atoms with Crippen LogP contribution in [0.25, 0.3) is 0 Å². The van der Waals surface area contributed by atoms with Gasteiger partial charge >= 0.3 is 28.4 Å². The van der Waals surface area contributed by atoms with Crippen molar-refractivity contribution in [3.05, 3.63) is 0 Å². The molecule has 0 fully saturated rings. The predicted molar refractivity (Wildman–Crippen MR) is 11.5 cm³/mol. The summed E-state index contributed by atoms with van der Waals surface area (Å²) >= 11 is 5.00. The Labute approximate surface area is 69.0 Å². The Kier molecular flexibility index (Phi) is 73.4. The molecule has 0 nitrogen and oxygen atoms in total. The summed E-state index contributed by atoms with van der Waals surface area (Å²) in [5, 5.41) is 0. The van der Waals surface area contributed by atoms with Crippen LogP contribution in [-0.4, -0.2) is 28.4 Å². The van der Waals surface area contributed by atoms with E-state index < -0.39 is 0 Å². The van der Waals surface area contributed by atoms with E-state index in [4.69, 9.17) is 0 Å². The van der Waals surface area contributed by atoms with Crippen LogP contribution < -0.4 is 0 Å². The van der Waals surface area contributed by atoms with Gasteiger partial charge in [0.1, 0.15) is 0 Å². The van der Waals surface area contributed by atoms with Crippen LogP contribution in [0.15, 0.2) is 0 Å². The average molecular weight is 440 g/mol. The fourth-order valence-corrected chi connectivity index (χ4v) is 0. The summed E-state index contributed by atoms with van der Waals surface area (Å²) in [4.78, 5) is 0. The second-order valence-corrected chi connectivity index (χ2v) is 0. The van der Waals surface area contributed by atoms with Gasteiger partial charge < -0.3 is 0 Å². The Morgan fingerprint density at radius 1 is 1.00 bits per heavy atom. The van der Waals surface area contributed by atoms with Gasteiger partial charge in [-0.3, -0.25) is 0 Å². The molecule has 0 bridgehead atoms. The molecular weight excluding hydrogens is 440 g/mol. The molecular formula is MoReSe2. The van der Waals surface area contributed by atoms with Crippen molar-refractivity contribution >= 4 is 28.4 Å². The van der Waals surface area contributed by atoms with Gasteiger partial charge in [-0.25, -0.2) is 0 Å². The fraction of sp³-hybridized carbons (Fsp3) is 0. The number of hydrogen-bond acceptors (Lipinski definition) is 0. The number of hydrogen-bond donors (Lipinski definition) is 0. The van der Waals surface area contributed by atoms with Gasteiger partial charge in [0.05, 0.1) is 0 Å². The van der Waals surface area contributed by atoms with Crippen molar-refractivity contribution in [2.75, 3.05) is 0 Å². The Morgan fingerprint density at radius 3 is 1.00 bits per heavy atom. The van der Waals surface area contributed by atoms with Gasteiger partial charge in [0.25, 0.3) is 0 Å². The summed E-state index contributed by atoms with van der Waals surface area (Å²) < 4.78 is 0. The molecule has 0 amide bonds. The third kappa shape index (κ3) is 8.83. The van der Waals surface area contributed by atoms with Gasteiger partial charge in [-0.2, -0.15) is 0 Å². The van der Waals surface area contributed by atoms with E-state index in [0.29, 0.717) is 0 Å². The molecule has 0 N–H and O–H groups in total. The fourth-order valence-electron chi connectivity index (χ4n) is 0. The van der Waals surface area contributed by atoms with E-state index in [2.05, 4.69) is 28.4 Å². The molecule has 0 aromatic heterocycles. The van der Waals surface area contributed by atoms with Crippen molar-refractivity contribution in [1.82, 2.24) is 0 Å². The van der Waals surface area contributed by atoms with E-state index in [1.165, 1.54) is 0 Å². The molecule has 0 aliphatic rings. The first-order valence-electron chi connectivity index (χ1n) is 0.167. The molecule has 0 spiro atoms. The van der Waals surface area contributed by atoms with E-state index in [9.17, 15) is 0 Å². The van der Waals surface area contributed by atoms with E-state index in [1.807, 2.05) is 0 Å². The quantitative estimate of drug-likeness (QED) is 0.435. The van der Waals surface area contributed by atoms with Crippen LogP contribution >= 0.6 is 0 Å². The van der Waals surface area contributed by atoms with Crippen molar-refractivity contribution in [3.63, 3.8) is 0 Å². The summed E-state index contributed by atoms with van der Waals surface area (Å²) in [6.07, 6.45) is 0. The molecule has 25 valence electrons. The van der Waals surface area contributed by atoms with E-state index >= 15 is 0 Å². The first-order valence-corrected chi connectivity index (χ1v) is 4.50. The van der Waals surface area contributed by atoms with Crippen LogP contribution in [-0.2, 0) is 41.5 Å². The van der Waals surface area contributed by atoms with E-state index in [0.717, 1.165) is 0 Å². The normalized spacial score (nSPS) is 1.50. The van der Waals surface area contributed by atoms with E-state index in [1.54, 1.807) is 0 Å². The molecule has 0 aromatic rings. The zero-order chi connectivity index (χ0) is 2.00.